The molecular weight excluding hydrogens is 872 g/mol. The van der Waals surface area contributed by atoms with Crippen LogP contribution in [-0.2, 0) is 79.5 Å². The number of ether oxygens (including phenoxy) is 9. The van der Waals surface area contributed by atoms with E-state index in [-0.39, 0.29) is 68.1 Å². The minimum atomic E-state index is -1.79. The standard InChI is InChI=1S/C51H69FO15/c1-9-11-12-14-36-16-18-38(19-17-36)39-20-21-41(43(52)28-39)42-27-40(15-13-22-61-45(53)34(3)4)44(29-37(42)10-2)64-30-51(31-65-46(54)35(5)6,32-66-49(57)47(55)62-25-23-59-7)33-67-50(58)48(56)63-26-24-60-8/h20-21,27-29,36,38H,3,5,9-19,22-26,30-33H2,1-2,4,6-8H3. The monoisotopic (exact) mass is 940 g/mol. The van der Waals surface area contributed by atoms with E-state index in [0.717, 1.165) is 31.2 Å². The lowest BCUT2D eigenvalue weighted by molar-refractivity contribution is -0.179. The molecule has 0 radical (unpaired) electrons. The summed E-state index contributed by atoms with van der Waals surface area (Å²) in [4.78, 5) is 75.7. The van der Waals surface area contributed by atoms with Gasteiger partial charge in [0.15, 0.2) is 0 Å². The Morgan fingerprint density at radius 3 is 1.67 bits per heavy atom. The molecule has 1 fully saturated rings. The van der Waals surface area contributed by atoms with Crippen molar-refractivity contribution in [1.29, 1.82) is 0 Å². The van der Waals surface area contributed by atoms with Crippen LogP contribution in [0, 0.1) is 17.2 Å². The Kier molecular flexibility index (Phi) is 24.3. The average Bonchev–Trinajstić information content (AvgIpc) is 3.32. The smallest absolute Gasteiger partial charge is 0.417 e. The highest BCUT2D eigenvalue weighted by Gasteiger charge is 2.39. The molecule has 0 N–H and O–H groups in total. The number of aryl methyl sites for hydroxylation is 2. The van der Waals surface area contributed by atoms with Crippen molar-refractivity contribution in [2.24, 2.45) is 11.3 Å². The zero-order valence-corrected chi connectivity index (χ0v) is 40.1. The molecule has 0 aromatic heterocycles. The lowest BCUT2D eigenvalue weighted by Crippen LogP contribution is -2.45. The summed E-state index contributed by atoms with van der Waals surface area (Å²) in [5.41, 5.74) is 1.72. The van der Waals surface area contributed by atoms with Gasteiger partial charge in [0, 0.05) is 30.9 Å². The molecule has 0 unspecified atom stereocenters. The zero-order valence-electron chi connectivity index (χ0n) is 40.1. The van der Waals surface area contributed by atoms with Crippen LogP contribution in [0.3, 0.4) is 0 Å². The predicted octanol–water partition coefficient (Wildman–Crippen LogP) is 7.91. The normalized spacial score (nSPS) is 14.6. The molecule has 15 nitrogen and oxygen atoms in total. The van der Waals surface area contributed by atoms with E-state index in [0.29, 0.717) is 41.0 Å². The molecule has 1 saturated carbocycles. The van der Waals surface area contributed by atoms with Crippen LogP contribution in [0.2, 0.25) is 0 Å². The summed E-state index contributed by atoms with van der Waals surface area (Å²) in [6.45, 7) is 11.1. The van der Waals surface area contributed by atoms with Gasteiger partial charge in [0.1, 0.15) is 56.6 Å². The van der Waals surface area contributed by atoms with Crippen LogP contribution in [-0.4, -0.2) is 109 Å². The molecule has 2 aromatic rings. The van der Waals surface area contributed by atoms with Gasteiger partial charge in [-0.1, -0.05) is 64.8 Å². The van der Waals surface area contributed by atoms with Crippen LogP contribution in [0.4, 0.5) is 4.39 Å². The number of hydrogen-bond donors (Lipinski definition) is 0. The third kappa shape index (κ3) is 18.5. The summed E-state index contributed by atoms with van der Waals surface area (Å²) < 4.78 is 63.9. The zero-order chi connectivity index (χ0) is 49.4. The van der Waals surface area contributed by atoms with Gasteiger partial charge >= 0.3 is 35.8 Å². The second-order valence-electron chi connectivity index (χ2n) is 17.0. The summed E-state index contributed by atoms with van der Waals surface area (Å²) in [6, 6.07) is 9.01. The number of carbonyl (C=O) groups excluding carboxylic acids is 6. The van der Waals surface area contributed by atoms with Gasteiger partial charge in [-0.2, -0.15) is 0 Å². The van der Waals surface area contributed by atoms with E-state index in [2.05, 4.69) is 20.1 Å². The molecule has 16 heteroatoms. The van der Waals surface area contributed by atoms with E-state index in [1.165, 1.54) is 53.8 Å². The van der Waals surface area contributed by atoms with Crippen molar-refractivity contribution in [3.05, 3.63) is 77.1 Å². The molecule has 67 heavy (non-hydrogen) atoms. The molecule has 0 saturated heterocycles. The third-order valence-electron chi connectivity index (χ3n) is 11.4. The van der Waals surface area contributed by atoms with Crippen molar-refractivity contribution in [2.45, 2.75) is 104 Å². The molecule has 370 valence electrons. The van der Waals surface area contributed by atoms with Gasteiger partial charge in [0.25, 0.3) is 0 Å². The van der Waals surface area contributed by atoms with Crippen LogP contribution < -0.4 is 4.74 Å². The SMILES string of the molecule is C=C(C)C(=O)OCCCc1cc(-c2ccc(C3CCC(CCCCC)CC3)cc2F)c(CC)cc1OCC(COC(=O)C(=C)C)(COC(=O)C(=O)OCCOC)COC(=O)C(=O)OCCOC. The number of unbranched alkanes of at least 4 members (excludes halogenated alkanes) is 2. The number of methoxy groups -OCH3 is 2. The maximum Gasteiger partial charge on any atom is 0.417 e. The molecular formula is C51H69FO15. The van der Waals surface area contributed by atoms with Gasteiger partial charge in [-0.05, 0) is 111 Å². The fourth-order valence-corrected chi connectivity index (χ4v) is 7.49. The van der Waals surface area contributed by atoms with E-state index in [4.69, 9.17) is 42.6 Å². The molecule has 0 heterocycles. The van der Waals surface area contributed by atoms with E-state index in [9.17, 15) is 28.8 Å². The first kappa shape index (κ1) is 55.7. The molecule has 3 rings (SSSR count). The van der Waals surface area contributed by atoms with Crippen LogP contribution in [0.5, 0.6) is 5.75 Å². The molecule has 0 amide bonds. The third-order valence-corrected chi connectivity index (χ3v) is 11.4. The van der Waals surface area contributed by atoms with E-state index >= 15 is 4.39 Å². The van der Waals surface area contributed by atoms with E-state index in [1.807, 2.05) is 25.1 Å². The van der Waals surface area contributed by atoms with Gasteiger partial charge in [0.2, 0.25) is 0 Å². The second kappa shape index (κ2) is 29.2. The Morgan fingerprint density at radius 1 is 0.612 bits per heavy atom. The largest absolute Gasteiger partial charge is 0.492 e. The van der Waals surface area contributed by atoms with Crippen LogP contribution in [0.25, 0.3) is 11.1 Å². The van der Waals surface area contributed by atoms with Crippen molar-refractivity contribution < 1.29 is 75.8 Å². The van der Waals surface area contributed by atoms with Gasteiger partial charge in [-0.3, -0.25) is 0 Å². The highest BCUT2D eigenvalue weighted by molar-refractivity contribution is 6.30. The van der Waals surface area contributed by atoms with Gasteiger partial charge in [-0.15, -0.1) is 0 Å². The van der Waals surface area contributed by atoms with Crippen LogP contribution >= 0.6 is 0 Å². The number of benzene rings is 2. The van der Waals surface area contributed by atoms with Gasteiger partial charge in [-0.25, -0.2) is 33.2 Å². The first-order valence-corrected chi connectivity index (χ1v) is 23.0. The quantitative estimate of drug-likeness (QED) is 0.0263. The molecule has 0 bridgehead atoms. The first-order chi connectivity index (χ1) is 32.1. The lowest BCUT2D eigenvalue weighted by atomic mass is 9.76. The molecule has 1 aliphatic carbocycles. The molecule has 1 aliphatic rings. The molecule has 0 aliphatic heterocycles. The molecule has 0 spiro atoms. The Balaban J connectivity index is 2.06. The van der Waals surface area contributed by atoms with Gasteiger partial charge < -0.3 is 42.6 Å². The minimum Gasteiger partial charge on any atom is -0.492 e. The summed E-state index contributed by atoms with van der Waals surface area (Å²) in [7, 11) is 2.75. The summed E-state index contributed by atoms with van der Waals surface area (Å²) >= 11 is 0. The fraction of sp³-hybridized carbons (Fsp3) is 0.569. The average molecular weight is 941 g/mol. The maximum atomic E-state index is 16.4. The molecule has 0 atom stereocenters. The Hall–Kier alpha value is -5.61. The number of halogens is 1. The fourth-order valence-electron chi connectivity index (χ4n) is 7.49. The highest BCUT2D eigenvalue weighted by Crippen LogP contribution is 2.40. The van der Waals surface area contributed by atoms with Crippen LogP contribution in [0.15, 0.2) is 54.6 Å². The van der Waals surface area contributed by atoms with E-state index in [1.54, 1.807) is 12.1 Å². The number of carbonyl (C=O) groups is 6. The Labute approximate surface area is 393 Å². The van der Waals surface area contributed by atoms with Crippen molar-refractivity contribution in [3.63, 3.8) is 0 Å². The van der Waals surface area contributed by atoms with Crippen molar-refractivity contribution in [3.8, 4) is 16.9 Å². The second-order valence-corrected chi connectivity index (χ2v) is 17.0. The predicted molar refractivity (Wildman–Crippen MR) is 245 cm³/mol. The Bertz CT molecular complexity index is 1960. The summed E-state index contributed by atoms with van der Waals surface area (Å²) in [6.07, 6.45) is 10.3. The maximum absolute atomic E-state index is 16.4. The van der Waals surface area contributed by atoms with Crippen molar-refractivity contribution in [2.75, 3.05) is 73.7 Å². The first-order valence-electron chi connectivity index (χ1n) is 23.0. The highest BCUT2D eigenvalue weighted by atomic mass is 19.1. The van der Waals surface area contributed by atoms with E-state index < -0.39 is 67.7 Å². The number of rotatable bonds is 28. The number of esters is 6. The van der Waals surface area contributed by atoms with Gasteiger partial charge in [0.05, 0.1) is 19.8 Å². The summed E-state index contributed by atoms with van der Waals surface area (Å²) in [5, 5.41) is 0. The number of hydrogen-bond acceptors (Lipinski definition) is 15. The lowest BCUT2D eigenvalue weighted by Gasteiger charge is -2.32. The topological polar surface area (TPSA) is 185 Å². The van der Waals surface area contributed by atoms with Crippen LogP contribution in [0.1, 0.15) is 108 Å². The Morgan fingerprint density at radius 2 is 1.15 bits per heavy atom. The molecule has 2 aromatic carbocycles. The minimum absolute atomic E-state index is 0.000637. The van der Waals surface area contributed by atoms with Crippen molar-refractivity contribution >= 4 is 35.8 Å². The summed E-state index contributed by atoms with van der Waals surface area (Å²) in [5.74, 6) is -6.08. The van der Waals surface area contributed by atoms with Crippen molar-refractivity contribution in [1.82, 2.24) is 0 Å².